The van der Waals surface area contributed by atoms with E-state index in [9.17, 15) is 4.79 Å². The van der Waals surface area contributed by atoms with Crippen LogP contribution in [0.2, 0.25) is 0 Å². The van der Waals surface area contributed by atoms with Gasteiger partial charge < -0.3 is 10.1 Å². The summed E-state index contributed by atoms with van der Waals surface area (Å²) in [7, 11) is 0. The Hall–Kier alpha value is -1.38. The number of carbonyl (C=O) groups is 1. The van der Waals surface area contributed by atoms with Crippen LogP contribution >= 0.6 is 0 Å². The van der Waals surface area contributed by atoms with E-state index in [1.54, 1.807) is 0 Å². The maximum Gasteiger partial charge on any atom is 0.243 e. The van der Waals surface area contributed by atoms with Gasteiger partial charge in [-0.15, -0.1) is 0 Å². The first-order valence-electron chi connectivity index (χ1n) is 4.98. The first-order chi connectivity index (χ1) is 7.31. The van der Waals surface area contributed by atoms with Crippen molar-refractivity contribution in [3.8, 4) is 0 Å². The average Bonchev–Trinajstić information content (AvgIpc) is 2.26. The van der Waals surface area contributed by atoms with Gasteiger partial charge in [-0.2, -0.15) is 0 Å². The van der Waals surface area contributed by atoms with Crippen LogP contribution in [0.4, 0.5) is 0 Å². The molecule has 0 rings (SSSR count). The van der Waals surface area contributed by atoms with Gasteiger partial charge in [0.25, 0.3) is 0 Å². The van der Waals surface area contributed by atoms with Gasteiger partial charge in [-0.1, -0.05) is 6.58 Å². The van der Waals surface area contributed by atoms with Gasteiger partial charge in [-0.05, 0) is 31.4 Å². The topological polar surface area (TPSA) is 50.7 Å². The molecule has 1 amide bonds. The largest absolute Gasteiger partial charge is 0.379 e. The summed E-state index contributed by atoms with van der Waals surface area (Å²) in [5.41, 5.74) is 0. The van der Waals surface area contributed by atoms with E-state index in [1.165, 1.54) is 6.08 Å². The molecule has 0 heterocycles. The molecule has 0 aliphatic carbocycles. The Morgan fingerprint density at radius 1 is 1.47 bits per heavy atom. The van der Waals surface area contributed by atoms with Gasteiger partial charge in [0.1, 0.15) is 0 Å². The Labute approximate surface area is 90.7 Å². The molecule has 0 aromatic rings. The highest BCUT2D eigenvalue weighted by Crippen LogP contribution is 1.88. The van der Waals surface area contributed by atoms with Crippen LogP contribution in [0.15, 0.2) is 24.2 Å². The van der Waals surface area contributed by atoms with E-state index < -0.39 is 0 Å². The molecule has 0 radical (unpaired) electrons. The van der Waals surface area contributed by atoms with Crippen LogP contribution in [0.1, 0.15) is 12.8 Å². The molecule has 0 aromatic carbocycles. The van der Waals surface area contributed by atoms with Crippen molar-refractivity contribution < 1.29 is 9.53 Å². The highest BCUT2D eigenvalue weighted by molar-refractivity contribution is 5.86. The van der Waals surface area contributed by atoms with Gasteiger partial charge in [0.05, 0.1) is 13.2 Å². The van der Waals surface area contributed by atoms with E-state index >= 15 is 0 Å². The second kappa shape index (κ2) is 10.7. The lowest BCUT2D eigenvalue weighted by molar-refractivity contribution is -0.116. The number of rotatable bonds is 9. The summed E-state index contributed by atoms with van der Waals surface area (Å²) in [6.07, 6.45) is 3.10. The quantitative estimate of drug-likeness (QED) is 0.350. The summed E-state index contributed by atoms with van der Waals surface area (Å²) in [6.45, 7) is 9.27. The van der Waals surface area contributed by atoms with Crippen molar-refractivity contribution in [2.45, 2.75) is 12.8 Å². The first-order valence-corrected chi connectivity index (χ1v) is 4.98. The Kier molecular flexibility index (Phi) is 9.71. The number of carbonyl (C=O) groups excluding carboxylic acids is 1. The van der Waals surface area contributed by atoms with Crippen LogP contribution in [0.3, 0.4) is 0 Å². The maximum absolute atomic E-state index is 10.7. The Morgan fingerprint density at radius 3 is 2.93 bits per heavy atom. The number of aliphatic imine (C=N–C) groups is 1. The van der Waals surface area contributed by atoms with Crippen molar-refractivity contribution in [1.29, 1.82) is 0 Å². The molecule has 1 N–H and O–H groups in total. The van der Waals surface area contributed by atoms with Crippen LogP contribution < -0.4 is 5.32 Å². The number of unbranched alkanes of at least 4 members (excludes halogenated alkanes) is 1. The molecular weight excluding hydrogens is 192 g/mol. The smallest absolute Gasteiger partial charge is 0.243 e. The van der Waals surface area contributed by atoms with Gasteiger partial charge in [0, 0.05) is 13.2 Å². The Morgan fingerprint density at radius 2 is 2.27 bits per heavy atom. The minimum absolute atomic E-state index is 0.128. The van der Waals surface area contributed by atoms with E-state index in [4.69, 9.17) is 4.74 Å². The lowest BCUT2D eigenvalue weighted by Gasteiger charge is -2.03. The monoisotopic (exact) mass is 210 g/mol. The summed E-state index contributed by atoms with van der Waals surface area (Å²) >= 11 is 0. The van der Waals surface area contributed by atoms with Crippen LogP contribution in [0, 0.1) is 0 Å². The van der Waals surface area contributed by atoms with Crippen LogP contribution in [0.25, 0.3) is 0 Å². The average molecular weight is 210 g/mol. The van der Waals surface area contributed by atoms with Gasteiger partial charge in [-0.3, -0.25) is 4.79 Å². The molecule has 0 unspecified atom stereocenters. The summed E-state index contributed by atoms with van der Waals surface area (Å²) in [5.74, 6) is 2.31. The molecule has 15 heavy (non-hydrogen) atoms. The van der Waals surface area contributed by atoms with E-state index in [0.717, 1.165) is 12.8 Å². The van der Waals surface area contributed by atoms with E-state index in [0.29, 0.717) is 26.3 Å². The summed E-state index contributed by atoms with van der Waals surface area (Å²) in [4.78, 5) is 14.5. The molecule has 4 nitrogen and oxygen atoms in total. The molecule has 0 saturated heterocycles. The van der Waals surface area contributed by atoms with Crippen molar-refractivity contribution >= 4 is 11.8 Å². The van der Waals surface area contributed by atoms with Crippen molar-refractivity contribution in [3.05, 3.63) is 19.2 Å². The first kappa shape index (κ1) is 13.6. The van der Waals surface area contributed by atoms with Gasteiger partial charge in [0.15, 0.2) is 0 Å². The fourth-order valence-corrected chi connectivity index (χ4v) is 0.904. The third-order valence-corrected chi connectivity index (χ3v) is 1.66. The minimum atomic E-state index is -0.128. The fraction of sp³-hybridized carbons (Fsp3) is 0.545. The van der Waals surface area contributed by atoms with Gasteiger partial charge >= 0.3 is 0 Å². The number of amides is 1. The predicted molar refractivity (Wildman–Crippen MR) is 61.2 cm³/mol. The summed E-state index contributed by atoms with van der Waals surface area (Å²) in [6, 6.07) is 0. The number of hydrogen-bond acceptors (Lipinski definition) is 3. The highest BCUT2D eigenvalue weighted by Gasteiger charge is 1.93. The molecule has 0 aliphatic rings. The second-order valence-electron chi connectivity index (χ2n) is 2.85. The molecule has 4 heteroatoms. The number of hydrogen-bond donors (Lipinski definition) is 1. The third-order valence-electron chi connectivity index (χ3n) is 1.66. The van der Waals surface area contributed by atoms with Gasteiger partial charge in [0.2, 0.25) is 5.91 Å². The van der Waals surface area contributed by atoms with Crippen molar-refractivity contribution in [1.82, 2.24) is 5.32 Å². The lowest BCUT2D eigenvalue weighted by Crippen LogP contribution is -2.22. The number of nitrogens with zero attached hydrogens (tertiary/aromatic N) is 1. The minimum Gasteiger partial charge on any atom is -0.379 e. The molecule has 0 saturated carbocycles. The zero-order valence-corrected chi connectivity index (χ0v) is 9.00. The van der Waals surface area contributed by atoms with Gasteiger partial charge in [-0.25, -0.2) is 4.99 Å². The second-order valence-corrected chi connectivity index (χ2v) is 2.85. The summed E-state index contributed by atoms with van der Waals surface area (Å²) in [5, 5.41) is 2.69. The molecule has 0 aromatic heterocycles. The van der Waals surface area contributed by atoms with Crippen molar-refractivity contribution in [3.63, 3.8) is 0 Å². The van der Waals surface area contributed by atoms with Crippen LogP contribution in [0.5, 0.6) is 0 Å². The molecule has 0 atom stereocenters. The zero-order chi connectivity index (χ0) is 11.4. The standard InChI is InChI=1S/C11H18N2O2/c1-3-11(14)13-7-5-6-9-15-10-8-12-4-2/h3H,1-2,5-10H2,(H,13,14). The lowest BCUT2D eigenvalue weighted by atomic mass is 10.3. The molecular formula is C11H18N2O2. The molecule has 0 bridgehead atoms. The highest BCUT2D eigenvalue weighted by atomic mass is 16.5. The zero-order valence-electron chi connectivity index (χ0n) is 9.00. The maximum atomic E-state index is 10.7. The third kappa shape index (κ3) is 10.5. The molecule has 0 aliphatic heterocycles. The Bertz CT molecular complexity index is 233. The molecule has 0 spiro atoms. The molecule has 84 valence electrons. The SMILES string of the molecule is C=C=NCCOCCCCNC(=O)C=C. The van der Waals surface area contributed by atoms with E-state index in [1.807, 2.05) is 0 Å². The fourth-order valence-electron chi connectivity index (χ4n) is 0.904. The van der Waals surface area contributed by atoms with E-state index in [2.05, 4.69) is 29.3 Å². The van der Waals surface area contributed by atoms with E-state index in [-0.39, 0.29) is 5.91 Å². The number of ether oxygens (including phenoxy) is 1. The van der Waals surface area contributed by atoms with Crippen molar-refractivity contribution in [2.75, 3.05) is 26.3 Å². The normalized spacial score (nSPS) is 9.07. The van der Waals surface area contributed by atoms with Crippen LogP contribution in [-0.4, -0.2) is 38.1 Å². The number of nitrogens with one attached hydrogen (secondary N) is 1. The Balaban J connectivity index is 3.08. The van der Waals surface area contributed by atoms with Crippen LogP contribution in [-0.2, 0) is 9.53 Å². The molecule has 0 fully saturated rings. The van der Waals surface area contributed by atoms with Crippen molar-refractivity contribution in [2.24, 2.45) is 4.99 Å². The summed E-state index contributed by atoms with van der Waals surface area (Å²) < 4.78 is 5.27. The predicted octanol–water partition coefficient (Wildman–Crippen LogP) is 0.941.